The minimum atomic E-state index is -4.57. The van der Waals surface area contributed by atoms with Crippen LogP contribution < -0.4 is 5.32 Å². The lowest BCUT2D eigenvalue weighted by Crippen LogP contribution is -2.11. The standard InChI is InChI=1S/C18H12F4N2OS/c1-10-2-4-11(5-3-10)16(25)24-17-23-9-15(26-17)13-8-12(18(20,21)22)6-7-14(13)19/h2-9H,1H3,(H,23,24,25). The molecular weight excluding hydrogens is 368 g/mol. The lowest BCUT2D eigenvalue weighted by Gasteiger charge is -2.08. The van der Waals surface area contributed by atoms with Gasteiger partial charge < -0.3 is 0 Å². The van der Waals surface area contributed by atoms with Crippen LogP contribution in [-0.2, 0) is 6.18 Å². The third-order valence-corrected chi connectivity index (χ3v) is 4.55. The summed E-state index contributed by atoms with van der Waals surface area (Å²) in [5.74, 6) is -1.20. The zero-order valence-electron chi connectivity index (χ0n) is 13.4. The van der Waals surface area contributed by atoms with Crippen LogP contribution in [0.25, 0.3) is 10.4 Å². The first-order chi connectivity index (χ1) is 12.2. The molecule has 1 N–H and O–H groups in total. The largest absolute Gasteiger partial charge is 0.416 e. The van der Waals surface area contributed by atoms with Crippen LogP contribution in [-0.4, -0.2) is 10.9 Å². The van der Waals surface area contributed by atoms with Gasteiger partial charge in [0.05, 0.1) is 10.4 Å². The Hall–Kier alpha value is -2.74. The maximum Gasteiger partial charge on any atom is 0.416 e. The van der Waals surface area contributed by atoms with Crippen LogP contribution >= 0.6 is 11.3 Å². The molecule has 0 saturated carbocycles. The quantitative estimate of drug-likeness (QED) is 0.607. The highest BCUT2D eigenvalue weighted by Gasteiger charge is 2.31. The molecule has 134 valence electrons. The molecule has 0 radical (unpaired) electrons. The molecule has 1 amide bonds. The third-order valence-electron chi connectivity index (χ3n) is 3.60. The van der Waals surface area contributed by atoms with E-state index in [1.807, 2.05) is 6.92 Å². The van der Waals surface area contributed by atoms with Crippen LogP contribution in [0.3, 0.4) is 0 Å². The number of halogens is 4. The van der Waals surface area contributed by atoms with E-state index in [9.17, 15) is 22.4 Å². The minimum Gasteiger partial charge on any atom is -0.298 e. The molecule has 0 aliphatic rings. The molecule has 0 aliphatic carbocycles. The molecule has 0 aliphatic heterocycles. The molecule has 3 rings (SSSR count). The summed E-state index contributed by atoms with van der Waals surface area (Å²) in [5, 5.41) is 2.72. The van der Waals surface area contributed by atoms with Crippen molar-refractivity contribution in [2.75, 3.05) is 5.32 Å². The molecule has 0 saturated heterocycles. The van der Waals surface area contributed by atoms with Crippen LogP contribution in [0.15, 0.2) is 48.7 Å². The number of aryl methyl sites for hydroxylation is 1. The Bertz CT molecular complexity index is 949. The van der Waals surface area contributed by atoms with Crippen molar-refractivity contribution in [3.63, 3.8) is 0 Å². The summed E-state index contributed by atoms with van der Waals surface area (Å²) < 4.78 is 52.4. The maximum atomic E-state index is 13.9. The van der Waals surface area contributed by atoms with Gasteiger partial charge in [0, 0.05) is 17.3 Å². The van der Waals surface area contributed by atoms with Crippen molar-refractivity contribution < 1.29 is 22.4 Å². The van der Waals surface area contributed by atoms with Crippen LogP contribution in [0.2, 0.25) is 0 Å². The number of nitrogens with one attached hydrogen (secondary N) is 1. The van der Waals surface area contributed by atoms with Gasteiger partial charge in [-0.3, -0.25) is 10.1 Å². The summed E-state index contributed by atoms with van der Waals surface area (Å²) in [7, 11) is 0. The third kappa shape index (κ3) is 3.91. The van der Waals surface area contributed by atoms with Crippen molar-refractivity contribution in [3.8, 4) is 10.4 Å². The fraction of sp³-hybridized carbons (Fsp3) is 0.111. The zero-order chi connectivity index (χ0) is 18.9. The molecule has 0 atom stereocenters. The smallest absolute Gasteiger partial charge is 0.298 e. The number of carbonyl (C=O) groups excluding carboxylic acids is 1. The molecule has 0 bridgehead atoms. The Morgan fingerprint density at radius 3 is 2.46 bits per heavy atom. The van der Waals surface area contributed by atoms with Crippen molar-refractivity contribution in [1.82, 2.24) is 4.98 Å². The first-order valence-corrected chi connectivity index (χ1v) is 8.26. The Morgan fingerprint density at radius 2 is 1.81 bits per heavy atom. The van der Waals surface area contributed by atoms with Gasteiger partial charge in [0.1, 0.15) is 5.82 Å². The summed E-state index contributed by atoms with van der Waals surface area (Å²) in [4.78, 5) is 16.3. The molecule has 3 aromatic rings. The predicted octanol–water partition coefficient (Wildman–Crippen LogP) is 5.53. The number of hydrogen-bond acceptors (Lipinski definition) is 3. The van der Waals surface area contributed by atoms with Gasteiger partial charge in [0.25, 0.3) is 5.91 Å². The number of amides is 1. The predicted molar refractivity (Wildman–Crippen MR) is 91.6 cm³/mol. The number of thiazole rings is 1. The number of hydrogen-bond donors (Lipinski definition) is 1. The molecule has 3 nitrogen and oxygen atoms in total. The molecular formula is C18H12F4N2OS. The van der Waals surface area contributed by atoms with Gasteiger partial charge in [-0.05, 0) is 37.3 Å². The van der Waals surface area contributed by atoms with Crippen LogP contribution in [0.4, 0.5) is 22.7 Å². The zero-order valence-corrected chi connectivity index (χ0v) is 14.2. The summed E-state index contributed by atoms with van der Waals surface area (Å²) >= 11 is 0.895. The van der Waals surface area contributed by atoms with Gasteiger partial charge >= 0.3 is 6.18 Å². The van der Waals surface area contributed by atoms with Crippen molar-refractivity contribution in [2.24, 2.45) is 0 Å². The first kappa shape index (κ1) is 18.1. The molecule has 26 heavy (non-hydrogen) atoms. The Kier molecular flexibility index (Phi) is 4.78. The van der Waals surface area contributed by atoms with E-state index >= 15 is 0 Å². The second-order valence-electron chi connectivity index (χ2n) is 5.54. The van der Waals surface area contributed by atoms with E-state index in [-0.39, 0.29) is 15.6 Å². The SMILES string of the molecule is Cc1ccc(C(=O)Nc2ncc(-c3cc(C(F)(F)F)ccc3F)s2)cc1. The number of nitrogens with zero attached hydrogens (tertiary/aromatic N) is 1. The normalized spacial score (nSPS) is 11.4. The van der Waals surface area contributed by atoms with E-state index < -0.39 is 23.5 Å². The lowest BCUT2D eigenvalue weighted by molar-refractivity contribution is -0.137. The highest BCUT2D eigenvalue weighted by atomic mass is 32.1. The van der Waals surface area contributed by atoms with E-state index in [2.05, 4.69) is 10.3 Å². The van der Waals surface area contributed by atoms with Crippen LogP contribution in [0, 0.1) is 12.7 Å². The fourth-order valence-corrected chi connectivity index (χ4v) is 3.05. The number of anilines is 1. The lowest BCUT2D eigenvalue weighted by atomic mass is 10.1. The van der Waals surface area contributed by atoms with Crippen LogP contribution in [0.1, 0.15) is 21.5 Å². The van der Waals surface area contributed by atoms with E-state index in [4.69, 9.17) is 0 Å². The van der Waals surface area contributed by atoms with Gasteiger partial charge in [0.2, 0.25) is 0 Å². The molecule has 1 heterocycles. The van der Waals surface area contributed by atoms with Gasteiger partial charge in [-0.15, -0.1) is 0 Å². The van der Waals surface area contributed by atoms with Gasteiger partial charge in [-0.1, -0.05) is 29.0 Å². The summed E-state index contributed by atoms with van der Waals surface area (Å²) in [5.41, 5.74) is 0.247. The van der Waals surface area contributed by atoms with E-state index in [0.717, 1.165) is 29.0 Å². The molecule has 0 fully saturated rings. The summed E-state index contributed by atoms with van der Waals surface area (Å²) in [6.45, 7) is 1.89. The molecule has 0 spiro atoms. The number of rotatable bonds is 3. The van der Waals surface area contributed by atoms with Crippen molar-refractivity contribution in [1.29, 1.82) is 0 Å². The molecule has 0 unspecified atom stereocenters. The van der Waals surface area contributed by atoms with Gasteiger partial charge in [-0.2, -0.15) is 13.2 Å². The first-order valence-electron chi connectivity index (χ1n) is 7.45. The summed E-state index contributed by atoms with van der Waals surface area (Å²) in [6.07, 6.45) is -3.34. The van der Waals surface area contributed by atoms with E-state index in [1.54, 1.807) is 24.3 Å². The highest BCUT2D eigenvalue weighted by Crippen LogP contribution is 2.36. The minimum absolute atomic E-state index is 0.169. The molecule has 8 heteroatoms. The van der Waals surface area contributed by atoms with E-state index in [0.29, 0.717) is 11.6 Å². The summed E-state index contributed by atoms with van der Waals surface area (Å²) in [6, 6.07) is 9.02. The van der Waals surface area contributed by atoms with Gasteiger partial charge in [-0.25, -0.2) is 9.37 Å². The average Bonchev–Trinajstić information content (AvgIpc) is 3.03. The fourth-order valence-electron chi connectivity index (χ4n) is 2.22. The Labute approximate surface area is 150 Å². The highest BCUT2D eigenvalue weighted by molar-refractivity contribution is 7.19. The number of benzene rings is 2. The Morgan fingerprint density at radius 1 is 1.12 bits per heavy atom. The number of aromatic nitrogens is 1. The monoisotopic (exact) mass is 380 g/mol. The van der Waals surface area contributed by atoms with Crippen molar-refractivity contribution in [3.05, 3.63) is 71.2 Å². The number of carbonyl (C=O) groups is 1. The maximum absolute atomic E-state index is 13.9. The van der Waals surface area contributed by atoms with Crippen LogP contribution in [0.5, 0.6) is 0 Å². The van der Waals surface area contributed by atoms with E-state index in [1.165, 1.54) is 6.20 Å². The molecule has 1 aromatic heterocycles. The second-order valence-corrected chi connectivity index (χ2v) is 6.57. The second kappa shape index (κ2) is 6.87. The molecule has 2 aromatic carbocycles. The van der Waals surface area contributed by atoms with Crippen molar-refractivity contribution in [2.45, 2.75) is 13.1 Å². The average molecular weight is 380 g/mol. The van der Waals surface area contributed by atoms with Gasteiger partial charge in [0.15, 0.2) is 5.13 Å². The Balaban J connectivity index is 1.84. The van der Waals surface area contributed by atoms with Crippen molar-refractivity contribution >= 4 is 22.4 Å². The topological polar surface area (TPSA) is 42.0 Å². The number of alkyl halides is 3.